The van der Waals surface area contributed by atoms with Crippen molar-refractivity contribution >= 4 is 40.3 Å². The Hall–Kier alpha value is -3.16. The topological polar surface area (TPSA) is 47.4 Å². The first-order valence-corrected chi connectivity index (χ1v) is 11.6. The van der Waals surface area contributed by atoms with E-state index in [9.17, 15) is 4.79 Å². The smallest absolute Gasteiger partial charge is 0.266 e. The van der Waals surface area contributed by atoms with Crippen LogP contribution in [0.25, 0.3) is 23.0 Å². The van der Waals surface area contributed by atoms with Gasteiger partial charge < -0.3 is 4.74 Å². The maximum Gasteiger partial charge on any atom is 0.266 e. The van der Waals surface area contributed by atoms with Crippen molar-refractivity contribution in [3.63, 3.8) is 0 Å². The van der Waals surface area contributed by atoms with Crippen molar-refractivity contribution in [2.75, 3.05) is 13.2 Å². The summed E-state index contributed by atoms with van der Waals surface area (Å²) < 4.78 is 8.07. The van der Waals surface area contributed by atoms with Gasteiger partial charge in [0.25, 0.3) is 5.91 Å². The molecule has 1 amide bonds. The van der Waals surface area contributed by atoms with Gasteiger partial charge in [0.2, 0.25) is 0 Å². The second-order valence-corrected chi connectivity index (χ2v) is 8.84. The van der Waals surface area contributed by atoms with Gasteiger partial charge in [-0.3, -0.25) is 9.69 Å². The van der Waals surface area contributed by atoms with E-state index in [4.69, 9.17) is 22.1 Å². The van der Waals surface area contributed by atoms with Gasteiger partial charge in [0, 0.05) is 23.9 Å². The zero-order valence-corrected chi connectivity index (χ0v) is 19.4. The molecule has 0 atom stereocenters. The largest absolute Gasteiger partial charge is 0.494 e. The number of para-hydroxylation sites is 1. The molecule has 0 spiro atoms. The van der Waals surface area contributed by atoms with Crippen LogP contribution in [0.4, 0.5) is 0 Å². The van der Waals surface area contributed by atoms with E-state index in [2.05, 4.69) is 13.5 Å². The number of hydrogen-bond donors (Lipinski definition) is 0. The molecule has 7 heteroatoms. The van der Waals surface area contributed by atoms with Gasteiger partial charge in [0.05, 0.1) is 22.9 Å². The maximum atomic E-state index is 12.8. The van der Waals surface area contributed by atoms with Gasteiger partial charge in [0.1, 0.15) is 10.1 Å². The molecule has 0 unspecified atom stereocenters. The molecule has 0 bridgehead atoms. The Labute approximate surface area is 197 Å². The fourth-order valence-corrected chi connectivity index (χ4v) is 4.55. The molecule has 0 saturated carbocycles. The summed E-state index contributed by atoms with van der Waals surface area (Å²) in [5.41, 5.74) is 3.51. The molecule has 0 aliphatic carbocycles. The second-order valence-electron chi connectivity index (χ2n) is 7.17. The van der Waals surface area contributed by atoms with Crippen LogP contribution in [0.2, 0.25) is 0 Å². The van der Waals surface area contributed by atoms with Crippen LogP contribution in [0.3, 0.4) is 0 Å². The van der Waals surface area contributed by atoms with Gasteiger partial charge in [-0.25, -0.2) is 4.68 Å². The van der Waals surface area contributed by atoms with Crippen LogP contribution in [-0.4, -0.2) is 38.1 Å². The van der Waals surface area contributed by atoms with Crippen molar-refractivity contribution in [2.24, 2.45) is 0 Å². The first-order chi connectivity index (χ1) is 15.6. The molecule has 2 heterocycles. The number of rotatable bonds is 8. The third-order valence-electron chi connectivity index (χ3n) is 4.84. The molecule has 0 radical (unpaired) electrons. The quantitative estimate of drug-likeness (QED) is 0.244. The average molecular weight is 462 g/mol. The van der Waals surface area contributed by atoms with Gasteiger partial charge in [0.15, 0.2) is 0 Å². The molecule has 1 aliphatic rings. The summed E-state index contributed by atoms with van der Waals surface area (Å²) in [6.07, 6.45) is 6.43. The predicted octanol–water partition coefficient (Wildman–Crippen LogP) is 5.72. The Morgan fingerprint density at radius 3 is 2.59 bits per heavy atom. The summed E-state index contributed by atoms with van der Waals surface area (Å²) in [6, 6.07) is 17.8. The van der Waals surface area contributed by atoms with Crippen LogP contribution in [0.1, 0.15) is 18.9 Å². The molecular weight excluding hydrogens is 438 g/mol. The molecule has 4 rings (SSSR count). The zero-order chi connectivity index (χ0) is 22.5. The van der Waals surface area contributed by atoms with Gasteiger partial charge in [-0.2, -0.15) is 5.10 Å². The lowest BCUT2D eigenvalue weighted by Gasteiger charge is -2.10. The normalized spacial score (nSPS) is 14.9. The number of carbonyl (C=O) groups is 1. The Morgan fingerprint density at radius 1 is 1.16 bits per heavy atom. The van der Waals surface area contributed by atoms with Crippen LogP contribution < -0.4 is 4.74 Å². The Bertz CT molecular complexity index is 1170. The molecule has 32 heavy (non-hydrogen) atoms. The SMILES string of the molecule is C=CCN1C(=O)/C(=C/c2cn(-c3ccccc3)nc2-c2ccc(OCCC)cc2)SC1=S. The number of hydrogen-bond acceptors (Lipinski definition) is 5. The zero-order valence-electron chi connectivity index (χ0n) is 17.7. The highest BCUT2D eigenvalue weighted by Crippen LogP contribution is 2.35. The molecule has 3 aromatic rings. The molecule has 1 fully saturated rings. The summed E-state index contributed by atoms with van der Waals surface area (Å²) in [6.45, 7) is 6.87. The molecular formula is C25H23N3O2S2. The van der Waals surface area contributed by atoms with E-state index in [1.807, 2.05) is 71.6 Å². The summed E-state index contributed by atoms with van der Waals surface area (Å²) in [5, 5.41) is 4.83. The van der Waals surface area contributed by atoms with Crippen LogP contribution in [0.15, 0.2) is 78.4 Å². The molecule has 0 N–H and O–H groups in total. The van der Waals surface area contributed by atoms with E-state index < -0.39 is 0 Å². The van der Waals surface area contributed by atoms with E-state index in [0.29, 0.717) is 22.4 Å². The Balaban J connectivity index is 1.74. The molecule has 2 aromatic carbocycles. The number of aromatic nitrogens is 2. The van der Waals surface area contributed by atoms with Crippen molar-refractivity contribution in [1.29, 1.82) is 0 Å². The van der Waals surface area contributed by atoms with E-state index >= 15 is 0 Å². The predicted molar refractivity (Wildman–Crippen MR) is 135 cm³/mol. The van der Waals surface area contributed by atoms with Crippen molar-refractivity contribution in [3.05, 3.63) is 83.9 Å². The van der Waals surface area contributed by atoms with E-state index in [1.165, 1.54) is 11.8 Å². The number of thiocarbonyl (C=S) groups is 1. The van der Waals surface area contributed by atoms with E-state index in [-0.39, 0.29) is 5.91 Å². The molecule has 1 aliphatic heterocycles. The lowest BCUT2D eigenvalue weighted by atomic mass is 10.1. The third-order valence-corrected chi connectivity index (χ3v) is 6.21. The van der Waals surface area contributed by atoms with Crippen LogP contribution in [0.5, 0.6) is 5.75 Å². The molecule has 1 saturated heterocycles. The van der Waals surface area contributed by atoms with Crippen LogP contribution >= 0.6 is 24.0 Å². The van der Waals surface area contributed by atoms with Gasteiger partial charge in [-0.05, 0) is 48.9 Å². The summed E-state index contributed by atoms with van der Waals surface area (Å²) >= 11 is 6.68. The fourth-order valence-electron chi connectivity index (χ4n) is 3.29. The number of benzene rings is 2. The summed E-state index contributed by atoms with van der Waals surface area (Å²) in [5.74, 6) is 0.714. The van der Waals surface area contributed by atoms with Gasteiger partial charge >= 0.3 is 0 Å². The minimum atomic E-state index is -0.110. The monoisotopic (exact) mass is 461 g/mol. The maximum absolute atomic E-state index is 12.8. The van der Waals surface area contributed by atoms with E-state index in [1.54, 1.807) is 11.0 Å². The fraction of sp³-hybridized carbons (Fsp3) is 0.160. The van der Waals surface area contributed by atoms with Crippen LogP contribution in [0, 0.1) is 0 Å². The number of thioether (sulfide) groups is 1. The van der Waals surface area contributed by atoms with Crippen molar-refractivity contribution < 1.29 is 9.53 Å². The standard InChI is InChI=1S/C25H23N3O2S2/c1-3-14-27-24(29)22(32-25(27)31)16-19-17-28(20-8-6-5-7-9-20)26-23(19)18-10-12-21(13-11-18)30-15-4-2/h3,5-13,16-17H,1,4,14-15H2,2H3/b22-16-. The molecule has 162 valence electrons. The Kier molecular flexibility index (Phi) is 6.87. The highest BCUT2D eigenvalue weighted by Gasteiger charge is 2.31. The molecule has 5 nitrogen and oxygen atoms in total. The number of ether oxygens (including phenoxy) is 1. The minimum Gasteiger partial charge on any atom is -0.494 e. The minimum absolute atomic E-state index is 0.110. The number of nitrogens with zero attached hydrogens (tertiary/aromatic N) is 3. The number of amides is 1. The van der Waals surface area contributed by atoms with Crippen molar-refractivity contribution in [3.8, 4) is 22.7 Å². The van der Waals surface area contributed by atoms with Crippen LogP contribution in [-0.2, 0) is 4.79 Å². The molecule has 1 aromatic heterocycles. The lowest BCUT2D eigenvalue weighted by Crippen LogP contribution is -2.27. The summed E-state index contributed by atoms with van der Waals surface area (Å²) in [7, 11) is 0. The Morgan fingerprint density at radius 2 is 1.91 bits per heavy atom. The van der Waals surface area contributed by atoms with Gasteiger partial charge in [-0.1, -0.05) is 55.2 Å². The average Bonchev–Trinajstić information content (AvgIpc) is 3.35. The third kappa shape index (κ3) is 4.69. The highest BCUT2D eigenvalue weighted by molar-refractivity contribution is 8.26. The van der Waals surface area contributed by atoms with Gasteiger partial charge in [-0.15, -0.1) is 6.58 Å². The number of carbonyl (C=O) groups excluding carboxylic acids is 1. The first kappa shape index (κ1) is 22.0. The lowest BCUT2D eigenvalue weighted by molar-refractivity contribution is -0.121. The highest BCUT2D eigenvalue weighted by atomic mass is 32.2. The second kappa shape index (κ2) is 9.97. The van der Waals surface area contributed by atoms with E-state index in [0.717, 1.165) is 34.7 Å². The summed E-state index contributed by atoms with van der Waals surface area (Å²) in [4.78, 5) is 15.0. The van der Waals surface area contributed by atoms with Crippen molar-refractivity contribution in [2.45, 2.75) is 13.3 Å². The van der Waals surface area contributed by atoms with Crippen molar-refractivity contribution in [1.82, 2.24) is 14.7 Å². The first-order valence-electron chi connectivity index (χ1n) is 10.3.